The number of rotatable bonds is 7. The molecule has 0 radical (unpaired) electrons. The van der Waals surface area contributed by atoms with Gasteiger partial charge in [-0.3, -0.25) is 9.48 Å². The van der Waals surface area contributed by atoms with E-state index in [-0.39, 0.29) is 18.3 Å². The molecule has 1 aromatic heterocycles. The molecule has 1 unspecified atom stereocenters. The highest BCUT2D eigenvalue weighted by Gasteiger charge is 2.33. The minimum atomic E-state index is 0. The molecule has 1 aromatic carbocycles. The van der Waals surface area contributed by atoms with Gasteiger partial charge in [0.15, 0.2) is 0 Å². The van der Waals surface area contributed by atoms with E-state index < -0.39 is 0 Å². The summed E-state index contributed by atoms with van der Waals surface area (Å²) in [6, 6.07) is 10.3. The number of carbonyl (C=O) groups excluding carboxylic acids is 1. The largest absolute Gasteiger partial charge is 0.496 e. The lowest BCUT2D eigenvalue weighted by Crippen LogP contribution is -2.36. The van der Waals surface area contributed by atoms with E-state index >= 15 is 0 Å². The van der Waals surface area contributed by atoms with Crippen molar-refractivity contribution >= 4 is 18.3 Å². The summed E-state index contributed by atoms with van der Waals surface area (Å²) in [5, 5.41) is 7.90. The molecule has 28 heavy (non-hydrogen) atoms. The smallest absolute Gasteiger partial charge is 0.244 e. The number of methoxy groups -OCH3 is 1. The van der Waals surface area contributed by atoms with Crippen molar-refractivity contribution in [2.75, 3.05) is 20.2 Å². The number of amides is 1. The van der Waals surface area contributed by atoms with Gasteiger partial charge in [-0.1, -0.05) is 18.2 Å². The molecule has 1 atom stereocenters. The summed E-state index contributed by atoms with van der Waals surface area (Å²) < 4.78 is 7.37. The van der Waals surface area contributed by atoms with Crippen LogP contribution in [0, 0.1) is 0 Å². The molecule has 6 nitrogen and oxygen atoms in total. The van der Waals surface area contributed by atoms with E-state index in [4.69, 9.17) is 4.74 Å². The van der Waals surface area contributed by atoms with E-state index in [1.807, 2.05) is 40.0 Å². The fourth-order valence-electron chi connectivity index (χ4n) is 3.97. The molecule has 1 N–H and O–H groups in total. The molecule has 2 fully saturated rings. The maximum atomic E-state index is 13.1. The van der Waals surface area contributed by atoms with Gasteiger partial charge in [0, 0.05) is 42.5 Å². The van der Waals surface area contributed by atoms with E-state index in [1.54, 1.807) is 7.11 Å². The first-order valence-electron chi connectivity index (χ1n) is 9.90. The number of halogens is 1. The summed E-state index contributed by atoms with van der Waals surface area (Å²) in [5.74, 6) is 1.42. The number of benzene rings is 1. The summed E-state index contributed by atoms with van der Waals surface area (Å²) in [6.07, 6.45) is 6.31. The molecule has 1 aliphatic carbocycles. The predicted octanol–water partition coefficient (Wildman–Crippen LogP) is 2.97. The van der Waals surface area contributed by atoms with Gasteiger partial charge in [-0.05, 0) is 44.4 Å². The summed E-state index contributed by atoms with van der Waals surface area (Å²) in [4.78, 5) is 15.1. The van der Waals surface area contributed by atoms with Crippen LogP contribution in [-0.4, -0.2) is 46.8 Å². The Morgan fingerprint density at radius 1 is 1.29 bits per heavy atom. The molecule has 1 saturated carbocycles. The van der Waals surface area contributed by atoms with Crippen molar-refractivity contribution in [3.8, 4) is 5.75 Å². The third-order valence-corrected chi connectivity index (χ3v) is 5.59. The van der Waals surface area contributed by atoms with Crippen LogP contribution in [0.3, 0.4) is 0 Å². The molecule has 1 amide bonds. The molecule has 2 aliphatic rings. The zero-order valence-electron chi connectivity index (χ0n) is 16.3. The number of piperidine rings is 1. The predicted molar refractivity (Wildman–Crippen MR) is 111 cm³/mol. The van der Waals surface area contributed by atoms with Crippen LogP contribution in [0.5, 0.6) is 5.75 Å². The van der Waals surface area contributed by atoms with Gasteiger partial charge in [0.2, 0.25) is 5.91 Å². The number of hydrogen-bond donors (Lipinski definition) is 1. The first kappa shape index (κ1) is 20.7. The maximum absolute atomic E-state index is 13.1. The summed E-state index contributed by atoms with van der Waals surface area (Å²) in [5.41, 5.74) is 2.22. The van der Waals surface area contributed by atoms with E-state index in [0.29, 0.717) is 25.0 Å². The van der Waals surface area contributed by atoms with Crippen LogP contribution in [0.25, 0.3) is 0 Å². The van der Waals surface area contributed by atoms with E-state index in [1.165, 1.54) is 12.1 Å². The third-order valence-electron chi connectivity index (χ3n) is 5.59. The quantitative estimate of drug-likeness (QED) is 0.770. The zero-order valence-corrected chi connectivity index (χ0v) is 17.2. The number of para-hydroxylation sites is 1. The van der Waals surface area contributed by atoms with Gasteiger partial charge < -0.3 is 15.0 Å². The van der Waals surface area contributed by atoms with Gasteiger partial charge in [0.25, 0.3) is 0 Å². The number of aromatic nitrogens is 2. The van der Waals surface area contributed by atoms with Crippen LogP contribution < -0.4 is 10.1 Å². The van der Waals surface area contributed by atoms with Gasteiger partial charge >= 0.3 is 0 Å². The number of nitrogens with zero attached hydrogens (tertiary/aromatic N) is 3. The fourth-order valence-corrected chi connectivity index (χ4v) is 3.97. The highest BCUT2D eigenvalue weighted by atomic mass is 35.5. The van der Waals surface area contributed by atoms with Crippen molar-refractivity contribution in [3.05, 3.63) is 47.8 Å². The highest BCUT2D eigenvalue weighted by Crippen LogP contribution is 2.31. The second-order valence-corrected chi connectivity index (χ2v) is 7.52. The Kier molecular flexibility index (Phi) is 6.97. The average molecular weight is 405 g/mol. The normalized spacial score (nSPS) is 19.0. The SMILES string of the molecule is COc1ccccc1CN(C(=O)Cn1nccc1C1CCCNC1)C1CC1.Cl. The Balaban J connectivity index is 0.00000225. The van der Waals surface area contributed by atoms with Crippen molar-refractivity contribution in [2.24, 2.45) is 0 Å². The van der Waals surface area contributed by atoms with Crippen molar-refractivity contribution in [3.63, 3.8) is 0 Å². The first-order chi connectivity index (χ1) is 13.3. The molecular formula is C21H29ClN4O2. The van der Waals surface area contributed by atoms with Crippen LogP contribution in [0.15, 0.2) is 36.5 Å². The van der Waals surface area contributed by atoms with Gasteiger partial charge in [-0.2, -0.15) is 5.10 Å². The zero-order chi connectivity index (χ0) is 18.6. The molecule has 7 heteroatoms. The van der Waals surface area contributed by atoms with Gasteiger partial charge in [0.05, 0.1) is 7.11 Å². The average Bonchev–Trinajstić information content (AvgIpc) is 3.45. The van der Waals surface area contributed by atoms with Crippen LogP contribution >= 0.6 is 12.4 Å². The standard InChI is InChI=1S/C21H28N4O2.ClH/c1-27-20-7-3-2-5-17(20)14-24(18-8-9-18)21(26)15-25-19(10-12-23-25)16-6-4-11-22-13-16;/h2-3,5,7,10,12,16,18,22H,4,6,8-9,11,13-15H2,1H3;1H. The monoisotopic (exact) mass is 404 g/mol. The molecular weight excluding hydrogens is 376 g/mol. The maximum Gasteiger partial charge on any atom is 0.244 e. The summed E-state index contributed by atoms with van der Waals surface area (Å²) in [7, 11) is 1.68. The van der Waals surface area contributed by atoms with Crippen LogP contribution in [-0.2, 0) is 17.9 Å². The van der Waals surface area contributed by atoms with Crippen molar-refractivity contribution in [2.45, 2.75) is 50.7 Å². The van der Waals surface area contributed by atoms with Crippen LogP contribution in [0.4, 0.5) is 0 Å². The lowest BCUT2D eigenvalue weighted by molar-refractivity contribution is -0.133. The lowest BCUT2D eigenvalue weighted by Gasteiger charge is -2.26. The first-order valence-corrected chi connectivity index (χ1v) is 9.90. The Morgan fingerprint density at radius 2 is 2.11 bits per heavy atom. The molecule has 2 heterocycles. The third kappa shape index (κ3) is 4.67. The minimum absolute atomic E-state index is 0. The molecule has 0 bridgehead atoms. The topological polar surface area (TPSA) is 59.4 Å². The Labute approximate surface area is 172 Å². The Morgan fingerprint density at radius 3 is 2.82 bits per heavy atom. The summed E-state index contributed by atoms with van der Waals surface area (Å²) in [6.45, 7) is 2.95. The van der Waals surface area contributed by atoms with E-state index in [9.17, 15) is 4.79 Å². The number of ether oxygens (including phenoxy) is 1. The molecule has 1 aliphatic heterocycles. The van der Waals surface area contributed by atoms with Gasteiger partial charge in [-0.25, -0.2) is 0 Å². The molecule has 152 valence electrons. The van der Waals surface area contributed by atoms with E-state index in [0.717, 1.165) is 43.7 Å². The lowest BCUT2D eigenvalue weighted by atomic mass is 9.96. The van der Waals surface area contributed by atoms with Crippen molar-refractivity contribution in [1.82, 2.24) is 20.0 Å². The molecule has 2 aromatic rings. The van der Waals surface area contributed by atoms with Crippen LogP contribution in [0.2, 0.25) is 0 Å². The second kappa shape index (κ2) is 9.43. The summed E-state index contributed by atoms with van der Waals surface area (Å²) >= 11 is 0. The van der Waals surface area contributed by atoms with Gasteiger partial charge in [-0.15, -0.1) is 12.4 Å². The molecule has 0 spiro atoms. The Bertz CT molecular complexity index is 784. The van der Waals surface area contributed by atoms with Crippen molar-refractivity contribution in [1.29, 1.82) is 0 Å². The van der Waals surface area contributed by atoms with E-state index in [2.05, 4.69) is 16.5 Å². The molecule has 4 rings (SSSR count). The molecule has 1 saturated heterocycles. The fraction of sp³-hybridized carbons (Fsp3) is 0.524. The number of carbonyl (C=O) groups is 1. The number of nitrogens with one attached hydrogen (secondary N) is 1. The highest BCUT2D eigenvalue weighted by molar-refractivity contribution is 5.85. The van der Waals surface area contributed by atoms with Crippen molar-refractivity contribution < 1.29 is 9.53 Å². The number of hydrogen-bond acceptors (Lipinski definition) is 4. The van der Waals surface area contributed by atoms with Crippen LogP contribution in [0.1, 0.15) is 42.9 Å². The minimum Gasteiger partial charge on any atom is -0.496 e. The van der Waals surface area contributed by atoms with Gasteiger partial charge in [0.1, 0.15) is 12.3 Å². The second-order valence-electron chi connectivity index (χ2n) is 7.52. The Hall–Kier alpha value is -2.05.